The second-order valence-electron chi connectivity index (χ2n) is 4.40. The number of allylic oxidation sites excluding steroid dienone is 1. The lowest BCUT2D eigenvalue weighted by Gasteiger charge is -2.16. The zero-order valence-electron chi connectivity index (χ0n) is 10.4. The van der Waals surface area contributed by atoms with E-state index in [1.54, 1.807) is 6.07 Å². The summed E-state index contributed by atoms with van der Waals surface area (Å²) >= 11 is 0. The summed E-state index contributed by atoms with van der Waals surface area (Å²) in [4.78, 5) is 0. The Morgan fingerprint density at radius 2 is 2.12 bits per heavy atom. The van der Waals surface area contributed by atoms with Gasteiger partial charge in [0.25, 0.3) is 0 Å². The minimum atomic E-state index is 0.391. The lowest BCUT2D eigenvalue weighted by Crippen LogP contribution is -1.98. The van der Waals surface area contributed by atoms with E-state index >= 15 is 0 Å². The highest BCUT2D eigenvalue weighted by atomic mass is 16.3. The summed E-state index contributed by atoms with van der Waals surface area (Å²) in [6.45, 7) is 7.95. The predicted molar refractivity (Wildman–Crippen MR) is 69.9 cm³/mol. The summed E-state index contributed by atoms with van der Waals surface area (Å²) in [6, 6.07) is 5.96. The molecule has 0 aliphatic rings. The number of phenols is 1. The molecule has 0 aliphatic heterocycles. The summed E-state index contributed by atoms with van der Waals surface area (Å²) in [5, 5.41) is 9.52. The molecule has 0 saturated heterocycles. The van der Waals surface area contributed by atoms with E-state index in [0.29, 0.717) is 11.7 Å². The maximum Gasteiger partial charge on any atom is 0.118 e. The van der Waals surface area contributed by atoms with E-state index in [0.717, 1.165) is 18.4 Å². The van der Waals surface area contributed by atoms with Crippen LogP contribution in [0.25, 0.3) is 0 Å². The second kappa shape index (κ2) is 6.37. The second-order valence-corrected chi connectivity index (χ2v) is 4.40. The molecule has 0 fully saturated rings. The Labute approximate surface area is 98.8 Å². The van der Waals surface area contributed by atoms with Gasteiger partial charge in [-0.15, -0.1) is 6.58 Å². The third kappa shape index (κ3) is 3.41. The van der Waals surface area contributed by atoms with Gasteiger partial charge in [-0.2, -0.15) is 0 Å². The SMILES string of the molecule is C=CCCC(CCC)c1ccc(O)c(C)c1. The highest BCUT2D eigenvalue weighted by Gasteiger charge is 2.10. The van der Waals surface area contributed by atoms with E-state index in [9.17, 15) is 5.11 Å². The molecule has 0 heterocycles. The molecule has 1 aromatic rings. The van der Waals surface area contributed by atoms with Crippen molar-refractivity contribution in [3.05, 3.63) is 42.0 Å². The summed E-state index contributed by atoms with van der Waals surface area (Å²) in [5.74, 6) is 0.991. The van der Waals surface area contributed by atoms with Crippen molar-refractivity contribution in [2.75, 3.05) is 0 Å². The Hall–Kier alpha value is -1.24. The third-order valence-electron chi connectivity index (χ3n) is 3.05. The molecule has 1 rings (SSSR count). The van der Waals surface area contributed by atoms with E-state index in [4.69, 9.17) is 0 Å². The van der Waals surface area contributed by atoms with Crippen LogP contribution in [0, 0.1) is 6.92 Å². The van der Waals surface area contributed by atoms with Gasteiger partial charge in [-0.3, -0.25) is 0 Å². The summed E-state index contributed by atoms with van der Waals surface area (Å²) in [6.07, 6.45) is 6.60. The van der Waals surface area contributed by atoms with Crippen molar-refractivity contribution in [2.24, 2.45) is 0 Å². The van der Waals surface area contributed by atoms with Crippen molar-refractivity contribution in [2.45, 2.75) is 45.4 Å². The molecule has 1 heteroatoms. The molecule has 0 amide bonds. The minimum absolute atomic E-state index is 0.391. The monoisotopic (exact) mass is 218 g/mol. The number of benzene rings is 1. The maximum absolute atomic E-state index is 9.52. The molecular weight excluding hydrogens is 196 g/mol. The fraction of sp³-hybridized carbons (Fsp3) is 0.467. The van der Waals surface area contributed by atoms with Crippen LogP contribution in [0.4, 0.5) is 0 Å². The lowest BCUT2D eigenvalue weighted by atomic mass is 9.89. The number of hydrogen-bond donors (Lipinski definition) is 1. The molecule has 0 saturated carbocycles. The normalized spacial score (nSPS) is 12.4. The molecule has 0 aliphatic carbocycles. The van der Waals surface area contributed by atoms with Crippen LogP contribution in [-0.4, -0.2) is 5.11 Å². The Bertz CT molecular complexity index is 341. The topological polar surface area (TPSA) is 20.2 Å². The van der Waals surface area contributed by atoms with Crippen LogP contribution >= 0.6 is 0 Å². The Kier molecular flexibility index (Phi) is 5.10. The first-order chi connectivity index (χ1) is 7.69. The lowest BCUT2D eigenvalue weighted by molar-refractivity contribution is 0.470. The molecular formula is C15H22O. The first kappa shape index (κ1) is 12.8. The van der Waals surface area contributed by atoms with Crippen molar-refractivity contribution in [3.8, 4) is 5.75 Å². The van der Waals surface area contributed by atoms with Gasteiger partial charge < -0.3 is 5.11 Å². The zero-order valence-corrected chi connectivity index (χ0v) is 10.4. The molecule has 0 bridgehead atoms. The number of aromatic hydroxyl groups is 1. The van der Waals surface area contributed by atoms with Crippen molar-refractivity contribution in [1.29, 1.82) is 0 Å². The standard InChI is InChI=1S/C15H22O/c1-4-6-8-13(7-5-2)14-9-10-15(16)12(3)11-14/h4,9-11,13,16H,1,5-8H2,2-3H3. The van der Waals surface area contributed by atoms with Gasteiger partial charge in [-0.1, -0.05) is 31.6 Å². The van der Waals surface area contributed by atoms with Gasteiger partial charge in [0.2, 0.25) is 0 Å². The molecule has 0 radical (unpaired) electrons. The molecule has 1 aromatic carbocycles. The third-order valence-corrected chi connectivity index (χ3v) is 3.05. The van der Waals surface area contributed by atoms with Crippen molar-refractivity contribution >= 4 is 0 Å². The van der Waals surface area contributed by atoms with E-state index in [1.165, 1.54) is 18.4 Å². The number of hydrogen-bond acceptors (Lipinski definition) is 1. The van der Waals surface area contributed by atoms with E-state index in [-0.39, 0.29) is 0 Å². The van der Waals surface area contributed by atoms with Crippen LogP contribution in [0.2, 0.25) is 0 Å². The summed E-state index contributed by atoms with van der Waals surface area (Å²) < 4.78 is 0. The van der Waals surface area contributed by atoms with Gasteiger partial charge in [0, 0.05) is 0 Å². The van der Waals surface area contributed by atoms with Gasteiger partial charge in [0.15, 0.2) is 0 Å². The van der Waals surface area contributed by atoms with Crippen LogP contribution in [0.15, 0.2) is 30.9 Å². The van der Waals surface area contributed by atoms with Crippen LogP contribution in [0.5, 0.6) is 5.75 Å². The fourth-order valence-corrected chi connectivity index (χ4v) is 2.08. The Balaban J connectivity index is 2.82. The smallest absolute Gasteiger partial charge is 0.118 e. The van der Waals surface area contributed by atoms with Gasteiger partial charge in [-0.25, -0.2) is 0 Å². The molecule has 16 heavy (non-hydrogen) atoms. The van der Waals surface area contributed by atoms with E-state index in [1.807, 2.05) is 19.1 Å². The largest absolute Gasteiger partial charge is 0.508 e. The molecule has 88 valence electrons. The quantitative estimate of drug-likeness (QED) is 0.694. The fourth-order valence-electron chi connectivity index (χ4n) is 2.08. The minimum Gasteiger partial charge on any atom is -0.508 e. The van der Waals surface area contributed by atoms with Gasteiger partial charge in [-0.05, 0) is 49.3 Å². The van der Waals surface area contributed by atoms with Gasteiger partial charge in [0.05, 0.1) is 0 Å². The first-order valence-electron chi connectivity index (χ1n) is 6.09. The van der Waals surface area contributed by atoms with Crippen LogP contribution < -0.4 is 0 Å². The van der Waals surface area contributed by atoms with E-state index in [2.05, 4.69) is 19.6 Å². The zero-order chi connectivity index (χ0) is 12.0. The molecule has 0 aromatic heterocycles. The molecule has 1 N–H and O–H groups in total. The van der Waals surface area contributed by atoms with Gasteiger partial charge in [0.1, 0.15) is 5.75 Å². The maximum atomic E-state index is 9.52. The summed E-state index contributed by atoms with van der Waals surface area (Å²) in [5.41, 5.74) is 2.32. The Morgan fingerprint density at radius 3 is 2.69 bits per heavy atom. The average molecular weight is 218 g/mol. The number of aryl methyl sites for hydroxylation is 1. The van der Waals surface area contributed by atoms with Gasteiger partial charge >= 0.3 is 0 Å². The predicted octanol–water partition coefficient (Wildman–Crippen LogP) is 4.55. The molecule has 0 spiro atoms. The summed E-state index contributed by atoms with van der Waals surface area (Å²) in [7, 11) is 0. The number of phenolic OH excluding ortho intramolecular Hbond substituents is 1. The Morgan fingerprint density at radius 1 is 1.38 bits per heavy atom. The average Bonchev–Trinajstić information content (AvgIpc) is 2.28. The van der Waals surface area contributed by atoms with Crippen molar-refractivity contribution in [1.82, 2.24) is 0 Å². The highest BCUT2D eigenvalue weighted by Crippen LogP contribution is 2.29. The highest BCUT2D eigenvalue weighted by molar-refractivity contribution is 5.36. The number of rotatable bonds is 6. The van der Waals surface area contributed by atoms with Crippen LogP contribution in [-0.2, 0) is 0 Å². The van der Waals surface area contributed by atoms with Crippen LogP contribution in [0.1, 0.15) is 49.7 Å². The van der Waals surface area contributed by atoms with Crippen molar-refractivity contribution < 1.29 is 5.11 Å². The molecule has 1 atom stereocenters. The van der Waals surface area contributed by atoms with Crippen molar-refractivity contribution in [3.63, 3.8) is 0 Å². The van der Waals surface area contributed by atoms with Crippen LogP contribution in [0.3, 0.4) is 0 Å². The van der Waals surface area contributed by atoms with E-state index < -0.39 is 0 Å². The first-order valence-corrected chi connectivity index (χ1v) is 6.09. The molecule has 1 nitrogen and oxygen atoms in total. The molecule has 1 unspecified atom stereocenters.